The summed E-state index contributed by atoms with van der Waals surface area (Å²) in [7, 11) is 0. The molecule has 0 amide bonds. The lowest BCUT2D eigenvalue weighted by Crippen LogP contribution is -2.03. The van der Waals surface area contributed by atoms with Gasteiger partial charge in [0.2, 0.25) is 0 Å². The summed E-state index contributed by atoms with van der Waals surface area (Å²) in [5.41, 5.74) is 6.09. The number of carbonyl (C=O) groups excluding carboxylic acids is 2. The molecular formula is C36H26O2. The maximum atomic E-state index is 13.4. The monoisotopic (exact) mass is 490 g/mol. The van der Waals surface area contributed by atoms with E-state index >= 15 is 0 Å². The molecule has 0 unspecified atom stereocenters. The highest BCUT2D eigenvalue weighted by molar-refractivity contribution is 6.33. The first-order chi connectivity index (χ1) is 18.7. The minimum absolute atomic E-state index is 0.0272. The number of Topliss-reactive ketones (excluding diaryl/α,β-unsaturated/α-hetero) is 2. The molecule has 38 heavy (non-hydrogen) atoms. The number of ketones is 2. The Hall–Kier alpha value is -5.08. The van der Waals surface area contributed by atoms with Crippen molar-refractivity contribution in [1.82, 2.24) is 0 Å². The van der Waals surface area contributed by atoms with Gasteiger partial charge in [0.1, 0.15) is 0 Å². The second kappa shape index (κ2) is 11.8. The van der Waals surface area contributed by atoms with Crippen LogP contribution in [0.2, 0.25) is 0 Å². The first-order valence-corrected chi connectivity index (χ1v) is 12.5. The molecule has 0 saturated heterocycles. The van der Waals surface area contributed by atoms with Gasteiger partial charge >= 0.3 is 0 Å². The molecule has 0 N–H and O–H groups in total. The minimum atomic E-state index is -0.0272. The van der Waals surface area contributed by atoms with E-state index in [4.69, 9.17) is 0 Å². The van der Waals surface area contributed by atoms with E-state index in [1.807, 2.05) is 158 Å². The van der Waals surface area contributed by atoms with Crippen LogP contribution < -0.4 is 0 Å². The van der Waals surface area contributed by atoms with Gasteiger partial charge in [-0.15, -0.1) is 0 Å². The van der Waals surface area contributed by atoms with Crippen LogP contribution >= 0.6 is 0 Å². The van der Waals surface area contributed by atoms with Crippen molar-refractivity contribution in [3.05, 3.63) is 179 Å². The van der Waals surface area contributed by atoms with Crippen molar-refractivity contribution in [3.63, 3.8) is 0 Å². The lowest BCUT2D eigenvalue weighted by molar-refractivity contribution is 0.104. The SMILES string of the molecule is O=C(C(=Cc1ccc(C=C(C(=O)c2ccccc2)c2ccccc2)cc1)c1ccccc1)c1ccccc1. The molecule has 0 aliphatic rings. The summed E-state index contributed by atoms with van der Waals surface area (Å²) in [6.45, 7) is 0. The largest absolute Gasteiger partial charge is 0.289 e. The third-order valence-corrected chi connectivity index (χ3v) is 6.29. The van der Waals surface area contributed by atoms with Crippen LogP contribution in [0.5, 0.6) is 0 Å². The molecule has 5 rings (SSSR count). The molecule has 0 aliphatic heterocycles. The predicted molar refractivity (Wildman–Crippen MR) is 157 cm³/mol. The first-order valence-electron chi connectivity index (χ1n) is 12.5. The molecule has 5 aromatic carbocycles. The fraction of sp³-hybridized carbons (Fsp3) is 0. The van der Waals surface area contributed by atoms with E-state index in [2.05, 4.69) is 0 Å². The maximum absolute atomic E-state index is 13.4. The number of benzene rings is 5. The second-order valence-corrected chi connectivity index (χ2v) is 8.91. The summed E-state index contributed by atoms with van der Waals surface area (Å²) >= 11 is 0. The number of carbonyl (C=O) groups is 2. The predicted octanol–water partition coefficient (Wildman–Crippen LogP) is 8.53. The van der Waals surface area contributed by atoms with Gasteiger partial charge in [0.05, 0.1) is 0 Å². The Labute approximate surface area is 223 Å². The Morgan fingerprint density at radius 3 is 0.895 bits per heavy atom. The number of allylic oxidation sites excluding steroid dienone is 2. The molecule has 0 aromatic heterocycles. The molecule has 0 heterocycles. The topological polar surface area (TPSA) is 34.1 Å². The Balaban J connectivity index is 1.51. The average Bonchev–Trinajstić information content (AvgIpc) is 3.00. The van der Waals surface area contributed by atoms with Crippen LogP contribution in [0.1, 0.15) is 43.0 Å². The summed E-state index contributed by atoms with van der Waals surface area (Å²) in [4.78, 5) is 26.8. The van der Waals surface area contributed by atoms with Crippen LogP contribution in [0.3, 0.4) is 0 Å². The van der Waals surface area contributed by atoms with E-state index in [-0.39, 0.29) is 11.6 Å². The normalized spacial score (nSPS) is 11.7. The van der Waals surface area contributed by atoms with Gasteiger partial charge in [0.15, 0.2) is 11.6 Å². The second-order valence-electron chi connectivity index (χ2n) is 8.91. The summed E-state index contributed by atoms with van der Waals surface area (Å²) in [5, 5.41) is 0. The fourth-order valence-corrected chi connectivity index (χ4v) is 4.31. The Kier molecular flexibility index (Phi) is 7.62. The van der Waals surface area contributed by atoms with Crippen molar-refractivity contribution in [2.45, 2.75) is 0 Å². The third kappa shape index (κ3) is 5.83. The van der Waals surface area contributed by atoms with Crippen LogP contribution in [0.15, 0.2) is 146 Å². The van der Waals surface area contributed by atoms with E-state index in [1.54, 1.807) is 0 Å². The van der Waals surface area contributed by atoms with Crippen LogP contribution in [0.4, 0.5) is 0 Å². The molecule has 2 nitrogen and oxygen atoms in total. The van der Waals surface area contributed by atoms with E-state index in [0.29, 0.717) is 22.3 Å². The van der Waals surface area contributed by atoms with Gasteiger partial charge < -0.3 is 0 Å². The zero-order chi connectivity index (χ0) is 26.2. The van der Waals surface area contributed by atoms with Crippen molar-refractivity contribution in [2.24, 2.45) is 0 Å². The lowest BCUT2D eigenvalue weighted by Gasteiger charge is -2.09. The van der Waals surface area contributed by atoms with E-state index in [9.17, 15) is 9.59 Å². The Bertz CT molecular complexity index is 1460. The summed E-state index contributed by atoms with van der Waals surface area (Å²) in [6, 6.07) is 46.0. The van der Waals surface area contributed by atoms with Gasteiger partial charge in [-0.25, -0.2) is 0 Å². The zero-order valence-corrected chi connectivity index (χ0v) is 20.8. The van der Waals surface area contributed by atoms with Crippen LogP contribution in [-0.2, 0) is 0 Å². The van der Waals surface area contributed by atoms with E-state index in [1.165, 1.54) is 0 Å². The van der Waals surface area contributed by atoms with Gasteiger partial charge in [-0.2, -0.15) is 0 Å². The van der Waals surface area contributed by atoms with Gasteiger partial charge in [-0.1, -0.05) is 146 Å². The quantitative estimate of drug-likeness (QED) is 0.124. The first kappa shape index (κ1) is 24.6. The zero-order valence-electron chi connectivity index (χ0n) is 20.8. The van der Waals surface area contributed by atoms with Gasteiger partial charge in [-0.05, 0) is 34.4 Å². The van der Waals surface area contributed by atoms with E-state index in [0.717, 1.165) is 22.3 Å². The highest BCUT2D eigenvalue weighted by Crippen LogP contribution is 2.26. The molecule has 0 spiro atoms. The highest BCUT2D eigenvalue weighted by atomic mass is 16.1. The fourth-order valence-electron chi connectivity index (χ4n) is 4.31. The molecule has 0 aliphatic carbocycles. The van der Waals surface area contributed by atoms with E-state index < -0.39 is 0 Å². The summed E-state index contributed by atoms with van der Waals surface area (Å²) in [5.74, 6) is -0.0545. The molecule has 2 heteroatoms. The molecular weight excluding hydrogens is 464 g/mol. The van der Waals surface area contributed by atoms with Crippen molar-refractivity contribution in [2.75, 3.05) is 0 Å². The van der Waals surface area contributed by atoms with Crippen LogP contribution in [-0.4, -0.2) is 11.6 Å². The van der Waals surface area contributed by atoms with Crippen LogP contribution in [0.25, 0.3) is 23.3 Å². The summed E-state index contributed by atoms with van der Waals surface area (Å²) < 4.78 is 0. The highest BCUT2D eigenvalue weighted by Gasteiger charge is 2.16. The molecule has 0 radical (unpaired) electrons. The van der Waals surface area contributed by atoms with Crippen molar-refractivity contribution in [3.8, 4) is 0 Å². The van der Waals surface area contributed by atoms with Crippen molar-refractivity contribution >= 4 is 34.9 Å². The molecule has 0 saturated carbocycles. The van der Waals surface area contributed by atoms with Gasteiger partial charge in [0.25, 0.3) is 0 Å². The summed E-state index contributed by atoms with van der Waals surface area (Å²) in [6.07, 6.45) is 3.84. The third-order valence-electron chi connectivity index (χ3n) is 6.29. The van der Waals surface area contributed by atoms with Crippen molar-refractivity contribution < 1.29 is 9.59 Å². The standard InChI is InChI=1S/C36H26O2/c37-35(31-17-9-3-10-18-31)33(29-13-5-1-6-14-29)25-27-21-23-28(24-22-27)26-34(30-15-7-2-8-16-30)36(38)32-19-11-4-12-20-32/h1-26H. The Morgan fingerprint density at radius 1 is 0.342 bits per heavy atom. The number of rotatable bonds is 8. The van der Waals surface area contributed by atoms with Gasteiger partial charge in [0, 0.05) is 22.3 Å². The Morgan fingerprint density at radius 2 is 0.605 bits per heavy atom. The lowest BCUT2D eigenvalue weighted by atomic mass is 9.93. The molecule has 0 atom stereocenters. The minimum Gasteiger partial charge on any atom is -0.289 e. The van der Waals surface area contributed by atoms with Gasteiger partial charge in [-0.3, -0.25) is 9.59 Å². The number of hydrogen-bond acceptors (Lipinski definition) is 2. The molecule has 5 aromatic rings. The van der Waals surface area contributed by atoms with Crippen LogP contribution in [0, 0.1) is 0 Å². The molecule has 0 fully saturated rings. The smallest absolute Gasteiger partial charge is 0.193 e. The maximum Gasteiger partial charge on any atom is 0.193 e. The average molecular weight is 491 g/mol. The van der Waals surface area contributed by atoms with Crippen molar-refractivity contribution in [1.29, 1.82) is 0 Å². The number of hydrogen-bond donors (Lipinski definition) is 0. The molecule has 0 bridgehead atoms. The molecule has 182 valence electrons.